The van der Waals surface area contributed by atoms with E-state index in [0.717, 1.165) is 16.6 Å². The molecule has 2 aromatic heterocycles. The molecule has 1 aliphatic heterocycles. The Morgan fingerprint density at radius 3 is 2.44 bits per heavy atom. The Balaban J connectivity index is 1.96. The Labute approximate surface area is 106 Å². The first kappa shape index (κ1) is 11.7. The Bertz CT molecular complexity index is 575. The molecule has 18 heavy (non-hydrogen) atoms. The molecule has 0 aliphatic carbocycles. The third-order valence-corrected chi connectivity index (χ3v) is 3.85. The molecule has 0 atom stereocenters. The van der Waals surface area contributed by atoms with Gasteiger partial charge in [0.2, 0.25) is 0 Å². The number of furan rings is 1. The third-order valence-electron chi connectivity index (χ3n) is 3.85. The minimum atomic E-state index is -0.392. The van der Waals surface area contributed by atoms with Crippen LogP contribution in [0.1, 0.15) is 27.7 Å². The fourth-order valence-electron chi connectivity index (χ4n) is 1.97. The van der Waals surface area contributed by atoms with Gasteiger partial charge in [-0.25, -0.2) is 0 Å². The molecule has 0 N–H and O–H groups in total. The highest BCUT2D eigenvalue weighted by Crippen LogP contribution is 2.36. The van der Waals surface area contributed by atoms with Gasteiger partial charge in [-0.05, 0) is 33.8 Å². The molecule has 1 aliphatic rings. The number of fused-ring (bicyclic) bond motifs is 1. The van der Waals surface area contributed by atoms with Crippen molar-refractivity contribution in [2.24, 2.45) is 0 Å². The van der Waals surface area contributed by atoms with E-state index in [0.29, 0.717) is 0 Å². The van der Waals surface area contributed by atoms with E-state index in [1.54, 1.807) is 12.5 Å². The Kier molecular flexibility index (Phi) is 2.34. The van der Waals surface area contributed by atoms with Crippen LogP contribution in [0.2, 0.25) is 0 Å². The topological polar surface area (TPSA) is 44.5 Å². The van der Waals surface area contributed by atoms with Crippen LogP contribution in [0.3, 0.4) is 0 Å². The smallest absolute Gasteiger partial charge is 0.463 e. The molecule has 2 aromatic rings. The van der Waals surface area contributed by atoms with E-state index in [-0.39, 0.29) is 11.2 Å². The van der Waals surface area contributed by atoms with Gasteiger partial charge in [-0.2, -0.15) is 0 Å². The second-order valence-electron chi connectivity index (χ2n) is 5.66. The highest BCUT2D eigenvalue weighted by molar-refractivity contribution is 6.62. The maximum Gasteiger partial charge on any atom is 0.496 e. The second kappa shape index (κ2) is 3.59. The Morgan fingerprint density at radius 1 is 1.11 bits per heavy atom. The molecule has 0 unspecified atom stereocenters. The van der Waals surface area contributed by atoms with Crippen LogP contribution in [0.15, 0.2) is 29.0 Å². The fourth-order valence-corrected chi connectivity index (χ4v) is 1.97. The molecule has 0 spiro atoms. The third kappa shape index (κ3) is 1.66. The summed E-state index contributed by atoms with van der Waals surface area (Å²) in [4.78, 5) is 4.33. The van der Waals surface area contributed by atoms with Crippen LogP contribution >= 0.6 is 0 Å². The average Bonchev–Trinajstić information content (AvgIpc) is 2.80. The quantitative estimate of drug-likeness (QED) is 0.722. The number of pyridine rings is 1. The standard InChI is InChI=1S/C13H16BNO3/c1-12(2)13(3,4)18-14(17-12)9-7-11-10(15-8-9)5-6-16-11/h5-8H,1-4H3. The van der Waals surface area contributed by atoms with Gasteiger partial charge in [0, 0.05) is 17.7 Å². The molecular formula is C13H16BNO3. The van der Waals surface area contributed by atoms with Gasteiger partial charge in [-0.15, -0.1) is 0 Å². The summed E-state index contributed by atoms with van der Waals surface area (Å²) in [6, 6.07) is 3.76. The van der Waals surface area contributed by atoms with Crippen LogP contribution in [0.25, 0.3) is 11.1 Å². The van der Waals surface area contributed by atoms with E-state index in [4.69, 9.17) is 13.7 Å². The van der Waals surface area contributed by atoms with Gasteiger partial charge in [0.1, 0.15) is 5.52 Å². The molecule has 0 bridgehead atoms. The number of hydrogen-bond donors (Lipinski definition) is 0. The van der Waals surface area contributed by atoms with Crippen molar-refractivity contribution >= 4 is 23.7 Å². The minimum Gasteiger partial charge on any atom is -0.463 e. The van der Waals surface area contributed by atoms with Crippen molar-refractivity contribution in [1.82, 2.24) is 4.98 Å². The highest BCUT2D eigenvalue weighted by Gasteiger charge is 2.51. The summed E-state index contributed by atoms with van der Waals surface area (Å²) in [5, 5.41) is 0. The molecule has 3 heterocycles. The van der Waals surface area contributed by atoms with E-state index in [1.807, 2.05) is 39.8 Å². The number of nitrogens with zero attached hydrogens (tertiary/aromatic N) is 1. The van der Waals surface area contributed by atoms with Crippen LogP contribution in [-0.4, -0.2) is 23.3 Å². The highest BCUT2D eigenvalue weighted by atomic mass is 16.7. The molecule has 4 nitrogen and oxygen atoms in total. The second-order valence-corrected chi connectivity index (χ2v) is 5.66. The molecule has 0 amide bonds. The van der Waals surface area contributed by atoms with Crippen molar-refractivity contribution in [2.75, 3.05) is 0 Å². The molecule has 1 saturated heterocycles. The lowest BCUT2D eigenvalue weighted by Crippen LogP contribution is -2.41. The lowest BCUT2D eigenvalue weighted by molar-refractivity contribution is 0.00578. The Hall–Kier alpha value is -1.33. The molecule has 94 valence electrons. The van der Waals surface area contributed by atoms with Crippen molar-refractivity contribution < 1.29 is 13.7 Å². The van der Waals surface area contributed by atoms with Crippen molar-refractivity contribution in [3.05, 3.63) is 24.6 Å². The normalized spacial score (nSPS) is 21.7. The number of rotatable bonds is 1. The molecule has 0 aromatic carbocycles. The van der Waals surface area contributed by atoms with Gasteiger partial charge in [-0.1, -0.05) is 0 Å². The van der Waals surface area contributed by atoms with Crippen molar-refractivity contribution in [1.29, 1.82) is 0 Å². The van der Waals surface area contributed by atoms with E-state index in [9.17, 15) is 0 Å². The lowest BCUT2D eigenvalue weighted by atomic mass is 9.80. The first-order chi connectivity index (χ1) is 8.39. The predicted octanol–water partition coefficient (Wildman–Crippen LogP) is 2.13. The molecule has 0 radical (unpaired) electrons. The van der Waals surface area contributed by atoms with E-state index in [1.165, 1.54) is 0 Å². The van der Waals surface area contributed by atoms with Crippen molar-refractivity contribution in [3.8, 4) is 0 Å². The predicted molar refractivity (Wildman–Crippen MR) is 69.7 cm³/mol. The monoisotopic (exact) mass is 245 g/mol. The summed E-state index contributed by atoms with van der Waals surface area (Å²) in [5.74, 6) is 0. The lowest BCUT2D eigenvalue weighted by Gasteiger charge is -2.32. The van der Waals surface area contributed by atoms with Crippen LogP contribution in [-0.2, 0) is 9.31 Å². The van der Waals surface area contributed by atoms with Crippen molar-refractivity contribution in [2.45, 2.75) is 38.9 Å². The van der Waals surface area contributed by atoms with Crippen LogP contribution < -0.4 is 5.46 Å². The Morgan fingerprint density at radius 2 is 1.78 bits per heavy atom. The minimum absolute atomic E-state index is 0.338. The number of aromatic nitrogens is 1. The fraction of sp³-hybridized carbons (Fsp3) is 0.462. The van der Waals surface area contributed by atoms with Crippen LogP contribution in [0.5, 0.6) is 0 Å². The molecule has 5 heteroatoms. The van der Waals surface area contributed by atoms with Gasteiger partial charge in [0.05, 0.1) is 17.5 Å². The summed E-state index contributed by atoms with van der Waals surface area (Å²) in [5.41, 5.74) is 1.81. The molecule has 0 saturated carbocycles. The SMILES string of the molecule is CC1(C)OB(c2cnc3ccoc3c2)OC1(C)C. The summed E-state index contributed by atoms with van der Waals surface area (Å²) in [7, 11) is -0.392. The number of hydrogen-bond acceptors (Lipinski definition) is 4. The largest absolute Gasteiger partial charge is 0.496 e. The van der Waals surface area contributed by atoms with Gasteiger partial charge >= 0.3 is 7.12 Å². The van der Waals surface area contributed by atoms with E-state index in [2.05, 4.69) is 4.98 Å². The zero-order valence-electron chi connectivity index (χ0n) is 11.1. The summed E-state index contributed by atoms with van der Waals surface area (Å²) >= 11 is 0. The molecule has 1 fully saturated rings. The van der Waals surface area contributed by atoms with Crippen LogP contribution in [0, 0.1) is 0 Å². The van der Waals surface area contributed by atoms with Gasteiger partial charge in [0.15, 0.2) is 5.58 Å². The summed E-state index contributed by atoms with van der Waals surface area (Å²) in [6.07, 6.45) is 3.41. The van der Waals surface area contributed by atoms with E-state index < -0.39 is 7.12 Å². The first-order valence-electron chi connectivity index (χ1n) is 6.08. The molecule has 3 rings (SSSR count). The van der Waals surface area contributed by atoms with Gasteiger partial charge in [-0.3, -0.25) is 4.98 Å². The van der Waals surface area contributed by atoms with Crippen molar-refractivity contribution in [3.63, 3.8) is 0 Å². The van der Waals surface area contributed by atoms with Gasteiger partial charge < -0.3 is 13.7 Å². The molecular weight excluding hydrogens is 229 g/mol. The van der Waals surface area contributed by atoms with Gasteiger partial charge in [0.25, 0.3) is 0 Å². The zero-order valence-corrected chi connectivity index (χ0v) is 11.1. The van der Waals surface area contributed by atoms with E-state index >= 15 is 0 Å². The zero-order chi connectivity index (χ0) is 13.0. The maximum absolute atomic E-state index is 5.97. The van der Waals surface area contributed by atoms with Crippen LogP contribution in [0.4, 0.5) is 0 Å². The average molecular weight is 245 g/mol. The first-order valence-corrected chi connectivity index (χ1v) is 6.08. The summed E-state index contributed by atoms with van der Waals surface area (Å²) in [6.45, 7) is 8.13. The maximum atomic E-state index is 5.97. The summed E-state index contributed by atoms with van der Waals surface area (Å²) < 4.78 is 17.3.